The van der Waals surface area contributed by atoms with Gasteiger partial charge in [0.25, 0.3) is 5.56 Å². The lowest BCUT2D eigenvalue weighted by atomic mass is 10.1. The molecule has 0 unspecified atom stereocenters. The number of anilines is 2. The predicted molar refractivity (Wildman–Crippen MR) is 136 cm³/mol. The van der Waals surface area contributed by atoms with Crippen LogP contribution in [0.1, 0.15) is 28.9 Å². The van der Waals surface area contributed by atoms with Gasteiger partial charge in [-0.05, 0) is 50.6 Å². The summed E-state index contributed by atoms with van der Waals surface area (Å²) < 4.78 is 3.47. The molecule has 0 saturated heterocycles. The molecule has 174 valence electrons. The van der Waals surface area contributed by atoms with E-state index < -0.39 is 0 Å². The molecule has 0 aliphatic heterocycles. The van der Waals surface area contributed by atoms with Gasteiger partial charge < -0.3 is 5.32 Å². The molecule has 4 rings (SSSR count). The first-order chi connectivity index (χ1) is 16.3. The summed E-state index contributed by atoms with van der Waals surface area (Å²) in [4.78, 5) is 29.5. The highest BCUT2D eigenvalue weighted by Gasteiger charge is 2.16. The van der Waals surface area contributed by atoms with Crippen molar-refractivity contribution in [3.05, 3.63) is 92.3 Å². The number of hydrogen-bond donors (Lipinski definition) is 2. The molecule has 0 radical (unpaired) electrons. The molecule has 0 fully saturated rings. The Labute approximate surface area is 201 Å². The molecule has 0 aliphatic carbocycles. The fraction of sp³-hybridized carbons (Fsp3) is 0.200. The first-order valence-electron chi connectivity index (χ1n) is 10.8. The molecule has 2 N–H and O–H groups in total. The third kappa shape index (κ3) is 4.99. The topological polar surface area (TPSA) is 93.3 Å². The van der Waals surface area contributed by atoms with E-state index in [4.69, 9.17) is 0 Å². The van der Waals surface area contributed by atoms with Crippen molar-refractivity contribution in [1.82, 2.24) is 19.8 Å². The van der Waals surface area contributed by atoms with Crippen LogP contribution < -0.4 is 16.3 Å². The summed E-state index contributed by atoms with van der Waals surface area (Å²) in [6.07, 6.45) is 0.195. The number of aryl methyl sites for hydroxylation is 1. The van der Waals surface area contributed by atoms with Gasteiger partial charge in [-0.1, -0.05) is 30.3 Å². The quantitative estimate of drug-likeness (QED) is 0.312. The molecule has 34 heavy (non-hydrogen) atoms. The van der Waals surface area contributed by atoms with Crippen molar-refractivity contribution < 1.29 is 4.79 Å². The number of aromatic nitrogens is 3. The Hall–Kier alpha value is -3.98. The summed E-state index contributed by atoms with van der Waals surface area (Å²) in [5.41, 5.74) is 7.68. The number of nitrogens with one attached hydrogen (secondary N) is 2. The minimum absolute atomic E-state index is 0.119. The Kier molecular flexibility index (Phi) is 6.74. The van der Waals surface area contributed by atoms with Crippen LogP contribution in [-0.4, -0.2) is 26.0 Å². The number of para-hydroxylation sites is 1. The lowest BCUT2D eigenvalue weighted by Gasteiger charge is -2.07. The fourth-order valence-corrected chi connectivity index (χ4v) is 4.17. The van der Waals surface area contributed by atoms with E-state index in [1.165, 1.54) is 11.3 Å². The Morgan fingerprint density at radius 2 is 1.79 bits per heavy atom. The van der Waals surface area contributed by atoms with Crippen LogP contribution in [0.5, 0.6) is 0 Å². The highest BCUT2D eigenvalue weighted by atomic mass is 32.1. The van der Waals surface area contributed by atoms with Crippen LogP contribution in [0, 0.1) is 13.8 Å². The van der Waals surface area contributed by atoms with E-state index in [0.717, 1.165) is 33.3 Å². The van der Waals surface area contributed by atoms with Crippen LogP contribution in [0.2, 0.25) is 0 Å². The summed E-state index contributed by atoms with van der Waals surface area (Å²) in [6.45, 7) is 5.64. The Morgan fingerprint density at radius 3 is 2.44 bits per heavy atom. The molecule has 8 nitrogen and oxygen atoms in total. The SMILES string of the molecule is CC(=NNC(=O)Cc1csc(C)n1)c1ccc(Nc2c(C)n(C)n(-c3ccccc3)c2=O)cc1. The summed E-state index contributed by atoms with van der Waals surface area (Å²) >= 11 is 1.52. The zero-order chi connectivity index (χ0) is 24.2. The molecule has 4 aromatic rings. The van der Waals surface area contributed by atoms with Gasteiger partial charge in [0.05, 0.1) is 34.2 Å². The van der Waals surface area contributed by atoms with Crippen molar-refractivity contribution in [2.45, 2.75) is 27.2 Å². The third-order valence-electron chi connectivity index (χ3n) is 5.48. The second kappa shape index (κ2) is 9.88. The van der Waals surface area contributed by atoms with Crippen LogP contribution in [-0.2, 0) is 18.3 Å². The monoisotopic (exact) mass is 474 g/mol. The lowest BCUT2D eigenvalue weighted by molar-refractivity contribution is -0.120. The highest BCUT2D eigenvalue weighted by Crippen LogP contribution is 2.20. The number of thiazole rings is 1. The van der Waals surface area contributed by atoms with E-state index in [9.17, 15) is 9.59 Å². The Balaban J connectivity index is 1.45. The minimum atomic E-state index is -0.211. The molecular weight excluding hydrogens is 448 g/mol. The maximum absolute atomic E-state index is 13.1. The van der Waals surface area contributed by atoms with Crippen molar-refractivity contribution in [3.8, 4) is 5.69 Å². The van der Waals surface area contributed by atoms with Crippen LogP contribution in [0.15, 0.2) is 69.9 Å². The van der Waals surface area contributed by atoms with Gasteiger partial charge in [0.1, 0.15) is 5.69 Å². The van der Waals surface area contributed by atoms with E-state index in [1.54, 1.807) is 4.68 Å². The molecule has 0 spiro atoms. The number of hydrazone groups is 1. The minimum Gasteiger partial charge on any atom is -0.349 e. The van der Waals surface area contributed by atoms with Crippen LogP contribution >= 0.6 is 11.3 Å². The van der Waals surface area contributed by atoms with Gasteiger partial charge >= 0.3 is 0 Å². The molecule has 9 heteroatoms. The maximum Gasteiger partial charge on any atom is 0.295 e. The van der Waals surface area contributed by atoms with Gasteiger partial charge in [-0.2, -0.15) is 5.10 Å². The van der Waals surface area contributed by atoms with Crippen molar-refractivity contribution in [2.24, 2.45) is 12.1 Å². The Bertz CT molecular complexity index is 1400. The summed E-state index contributed by atoms with van der Waals surface area (Å²) in [6, 6.07) is 17.1. The van der Waals surface area contributed by atoms with E-state index in [2.05, 4.69) is 20.8 Å². The fourth-order valence-electron chi connectivity index (χ4n) is 3.56. The maximum atomic E-state index is 13.1. The molecule has 0 bridgehead atoms. The molecule has 0 atom stereocenters. The van der Waals surface area contributed by atoms with Gasteiger partial charge in [0.15, 0.2) is 0 Å². The summed E-state index contributed by atoms with van der Waals surface area (Å²) in [5.74, 6) is -0.211. The molecule has 0 aliphatic rings. The number of benzene rings is 2. The van der Waals surface area contributed by atoms with E-state index in [1.807, 2.05) is 92.5 Å². The van der Waals surface area contributed by atoms with Crippen LogP contribution in [0.25, 0.3) is 5.69 Å². The van der Waals surface area contributed by atoms with Crippen molar-refractivity contribution in [1.29, 1.82) is 0 Å². The average Bonchev–Trinajstić information content (AvgIpc) is 3.34. The van der Waals surface area contributed by atoms with Crippen molar-refractivity contribution >= 4 is 34.3 Å². The number of hydrogen-bond acceptors (Lipinski definition) is 6. The van der Waals surface area contributed by atoms with Gasteiger partial charge in [0, 0.05) is 18.1 Å². The summed E-state index contributed by atoms with van der Waals surface area (Å²) in [5, 5.41) is 10.3. The standard InChI is InChI=1S/C25H26N6O2S/c1-16(28-29-23(32)14-21-15-34-18(3)26-21)19-10-12-20(13-11-19)27-24-17(2)30(4)31(25(24)33)22-8-6-5-7-9-22/h5-13,15,27H,14H2,1-4H3,(H,29,32). The molecular formula is C25H26N6O2S. The zero-order valence-electron chi connectivity index (χ0n) is 19.5. The number of nitrogens with zero attached hydrogens (tertiary/aromatic N) is 4. The smallest absolute Gasteiger partial charge is 0.295 e. The first-order valence-corrected chi connectivity index (χ1v) is 11.7. The zero-order valence-corrected chi connectivity index (χ0v) is 20.3. The average molecular weight is 475 g/mol. The first kappa shape index (κ1) is 23.2. The van der Waals surface area contributed by atoms with E-state index in [0.29, 0.717) is 11.4 Å². The highest BCUT2D eigenvalue weighted by molar-refractivity contribution is 7.09. The third-order valence-corrected chi connectivity index (χ3v) is 6.31. The van der Waals surface area contributed by atoms with E-state index >= 15 is 0 Å². The molecule has 2 heterocycles. The molecule has 0 saturated carbocycles. The van der Waals surface area contributed by atoms with E-state index in [-0.39, 0.29) is 17.9 Å². The number of amides is 1. The molecule has 2 aromatic heterocycles. The predicted octanol–water partition coefficient (Wildman–Crippen LogP) is 4.08. The number of rotatable bonds is 7. The lowest BCUT2D eigenvalue weighted by Crippen LogP contribution is -2.21. The molecule has 1 amide bonds. The van der Waals surface area contributed by atoms with Crippen LogP contribution in [0.3, 0.4) is 0 Å². The second-order valence-corrected chi connectivity index (χ2v) is 8.97. The normalized spacial score (nSPS) is 11.5. The van der Waals surface area contributed by atoms with Gasteiger partial charge in [-0.3, -0.25) is 14.3 Å². The largest absolute Gasteiger partial charge is 0.349 e. The number of carbonyl (C=O) groups excluding carboxylic acids is 1. The van der Waals surface area contributed by atoms with Crippen LogP contribution in [0.4, 0.5) is 11.4 Å². The van der Waals surface area contributed by atoms with Crippen molar-refractivity contribution in [2.75, 3.05) is 5.32 Å². The summed E-state index contributed by atoms with van der Waals surface area (Å²) in [7, 11) is 1.86. The van der Waals surface area contributed by atoms with Gasteiger partial charge in [-0.15, -0.1) is 11.3 Å². The van der Waals surface area contributed by atoms with Crippen molar-refractivity contribution in [3.63, 3.8) is 0 Å². The Morgan fingerprint density at radius 1 is 1.09 bits per heavy atom. The molecule has 2 aromatic carbocycles. The number of carbonyl (C=O) groups is 1. The van der Waals surface area contributed by atoms with Gasteiger partial charge in [0.2, 0.25) is 5.91 Å². The van der Waals surface area contributed by atoms with Gasteiger partial charge in [-0.25, -0.2) is 15.1 Å². The second-order valence-electron chi connectivity index (χ2n) is 7.91.